The summed E-state index contributed by atoms with van der Waals surface area (Å²) in [5.41, 5.74) is 5.59. The number of rotatable bonds is 4. The van der Waals surface area contributed by atoms with Crippen molar-refractivity contribution >= 4 is 20.3 Å². The second-order valence-corrected chi connectivity index (χ2v) is 7.11. The summed E-state index contributed by atoms with van der Waals surface area (Å²) < 4.78 is 10.7. The fourth-order valence-electron chi connectivity index (χ4n) is 2.81. The van der Waals surface area contributed by atoms with Gasteiger partial charge in [-0.05, 0) is 48.4 Å². The predicted octanol–water partition coefficient (Wildman–Crippen LogP) is 4.65. The standard InChI is InChI=1S/C21H19N4OP/c1-14(22-2)15-7-5-8-16(13-15)21-26-20(25-27-21)19-11-6-10-18(24-19)17-9-3-4-12-23-17/h3-13,21,27H,1-2H3. The topological polar surface area (TPSA) is 59.7 Å². The van der Waals surface area contributed by atoms with Gasteiger partial charge < -0.3 is 4.74 Å². The molecule has 0 fully saturated rings. The summed E-state index contributed by atoms with van der Waals surface area (Å²) in [6.07, 6.45) is 1.76. The minimum absolute atomic E-state index is 0.0788. The Morgan fingerprint density at radius 2 is 1.81 bits per heavy atom. The van der Waals surface area contributed by atoms with E-state index in [0.717, 1.165) is 33.9 Å². The van der Waals surface area contributed by atoms with E-state index in [1.54, 1.807) is 13.2 Å². The van der Waals surface area contributed by atoms with Crippen molar-refractivity contribution in [3.8, 4) is 11.4 Å². The molecule has 2 unspecified atom stereocenters. The lowest BCUT2D eigenvalue weighted by atomic mass is 10.1. The normalized spacial score (nSPS) is 17.6. The average molecular weight is 374 g/mol. The van der Waals surface area contributed by atoms with Gasteiger partial charge in [-0.15, -0.1) is 0 Å². The average Bonchev–Trinajstić information content (AvgIpc) is 3.24. The van der Waals surface area contributed by atoms with Crippen LogP contribution in [0.3, 0.4) is 0 Å². The first-order valence-electron chi connectivity index (χ1n) is 8.67. The third-order valence-electron chi connectivity index (χ3n) is 4.35. The largest absolute Gasteiger partial charge is 0.462 e. The third kappa shape index (κ3) is 3.79. The van der Waals surface area contributed by atoms with Crippen LogP contribution in [0, 0.1) is 0 Å². The van der Waals surface area contributed by atoms with Gasteiger partial charge in [0.15, 0.2) is 5.85 Å². The molecule has 0 amide bonds. The van der Waals surface area contributed by atoms with Crippen LogP contribution >= 0.6 is 8.73 Å². The molecule has 0 aliphatic carbocycles. The van der Waals surface area contributed by atoms with Crippen LogP contribution in [-0.2, 0) is 4.74 Å². The molecule has 27 heavy (non-hydrogen) atoms. The summed E-state index contributed by atoms with van der Waals surface area (Å²) in [4.78, 5) is 13.3. The van der Waals surface area contributed by atoms with Crippen molar-refractivity contribution in [1.29, 1.82) is 0 Å². The van der Waals surface area contributed by atoms with Crippen LogP contribution in [0.4, 0.5) is 0 Å². The Kier molecular flexibility index (Phi) is 5.03. The number of nitrogens with zero attached hydrogens (tertiary/aromatic N) is 4. The van der Waals surface area contributed by atoms with Gasteiger partial charge in [0.25, 0.3) is 0 Å². The highest BCUT2D eigenvalue weighted by Gasteiger charge is 2.24. The van der Waals surface area contributed by atoms with Crippen LogP contribution in [0.2, 0.25) is 0 Å². The molecule has 0 N–H and O–H groups in total. The van der Waals surface area contributed by atoms with E-state index in [0.29, 0.717) is 14.6 Å². The molecule has 6 heteroatoms. The molecule has 2 aromatic heterocycles. The van der Waals surface area contributed by atoms with Gasteiger partial charge in [-0.3, -0.25) is 9.98 Å². The van der Waals surface area contributed by atoms with E-state index < -0.39 is 0 Å². The van der Waals surface area contributed by atoms with Crippen LogP contribution in [-0.4, -0.2) is 28.6 Å². The Labute approximate surface area is 160 Å². The number of benzene rings is 1. The number of hydrogen-bond donors (Lipinski definition) is 0. The minimum atomic E-state index is -0.0788. The Morgan fingerprint density at radius 3 is 2.63 bits per heavy atom. The second kappa shape index (κ2) is 7.77. The van der Waals surface area contributed by atoms with Crippen molar-refractivity contribution in [2.75, 3.05) is 7.05 Å². The minimum Gasteiger partial charge on any atom is -0.462 e. The highest BCUT2D eigenvalue weighted by molar-refractivity contribution is 7.37. The van der Waals surface area contributed by atoms with Crippen LogP contribution in [0.1, 0.15) is 29.6 Å². The Bertz CT molecular complexity index is 1020. The van der Waals surface area contributed by atoms with Crippen LogP contribution < -0.4 is 0 Å². The zero-order valence-electron chi connectivity index (χ0n) is 15.1. The quantitative estimate of drug-likeness (QED) is 0.493. The van der Waals surface area contributed by atoms with E-state index in [1.807, 2.05) is 49.4 Å². The Morgan fingerprint density at radius 1 is 1.00 bits per heavy atom. The lowest BCUT2D eigenvalue weighted by Crippen LogP contribution is -2.07. The van der Waals surface area contributed by atoms with Crippen molar-refractivity contribution < 1.29 is 4.74 Å². The zero-order chi connectivity index (χ0) is 18.6. The van der Waals surface area contributed by atoms with Crippen molar-refractivity contribution in [1.82, 2.24) is 9.97 Å². The van der Waals surface area contributed by atoms with Gasteiger partial charge in [0, 0.05) is 19.0 Å². The van der Waals surface area contributed by atoms with Crippen molar-refractivity contribution in [3.63, 3.8) is 0 Å². The first-order chi connectivity index (χ1) is 13.2. The van der Waals surface area contributed by atoms with Crippen molar-refractivity contribution in [3.05, 3.63) is 83.7 Å². The van der Waals surface area contributed by atoms with Gasteiger partial charge in [0.1, 0.15) is 5.69 Å². The molecular formula is C21H19N4OP. The van der Waals surface area contributed by atoms with E-state index in [9.17, 15) is 0 Å². The van der Waals surface area contributed by atoms with Crippen molar-refractivity contribution in [2.45, 2.75) is 12.8 Å². The molecule has 1 aliphatic rings. The molecule has 0 radical (unpaired) electrons. The third-order valence-corrected chi connectivity index (χ3v) is 5.37. The van der Waals surface area contributed by atoms with Gasteiger partial charge in [0.2, 0.25) is 5.90 Å². The molecular weight excluding hydrogens is 355 g/mol. The molecule has 0 spiro atoms. The number of aliphatic imine (C=N–C) groups is 1. The van der Waals surface area contributed by atoms with Crippen LogP contribution in [0.15, 0.2) is 76.6 Å². The maximum atomic E-state index is 6.13. The van der Waals surface area contributed by atoms with E-state index in [2.05, 4.69) is 37.9 Å². The molecule has 0 bridgehead atoms. The Hall–Kier alpha value is -2.91. The second-order valence-electron chi connectivity index (χ2n) is 6.10. The lowest BCUT2D eigenvalue weighted by molar-refractivity contribution is 0.289. The van der Waals surface area contributed by atoms with Crippen LogP contribution in [0.25, 0.3) is 11.4 Å². The molecule has 134 valence electrons. The molecule has 2 atom stereocenters. The lowest BCUT2D eigenvalue weighted by Gasteiger charge is -2.12. The molecule has 3 aromatic rings. The van der Waals surface area contributed by atoms with E-state index >= 15 is 0 Å². The maximum Gasteiger partial charge on any atom is 0.239 e. The van der Waals surface area contributed by atoms with Gasteiger partial charge >= 0.3 is 0 Å². The Balaban J connectivity index is 1.55. The first kappa shape index (κ1) is 17.5. The van der Waals surface area contributed by atoms with E-state index in [4.69, 9.17) is 4.74 Å². The highest BCUT2D eigenvalue weighted by Crippen LogP contribution is 2.43. The first-order valence-corrected chi connectivity index (χ1v) is 9.69. The summed E-state index contributed by atoms with van der Waals surface area (Å²) in [7, 11) is 2.11. The molecule has 3 heterocycles. The van der Waals surface area contributed by atoms with Gasteiger partial charge in [-0.1, -0.05) is 30.3 Å². The molecule has 1 aromatic carbocycles. The highest BCUT2D eigenvalue weighted by atomic mass is 31.1. The molecule has 0 saturated heterocycles. The van der Waals surface area contributed by atoms with Crippen molar-refractivity contribution in [2.24, 2.45) is 9.76 Å². The van der Waals surface area contributed by atoms with E-state index in [1.165, 1.54) is 0 Å². The summed E-state index contributed by atoms with van der Waals surface area (Å²) in [6, 6.07) is 19.9. The van der Waals surface area contributed by atoms with E-state index in [-0.39, 0.29) is 5.85 Å². The van der Waals surface area contributed by atoms with Gasteiger partial charge in [-0.2, -0.15) is 0 Å². The number of pyridine rings is 2. The zero-order valence-corrected chi connectivity index (χ0v) is 16.1. The molecule has 0 saturated carbocycles. The maximum absolute atomic E-state index is 6.13. The fraction of sp³-hybridized carbons (Fsp3) is 0.143. The smallest absolute Gasteiger partial charge is 0.239 e. The number of aromatic nitrogens is 2. The SMILES string of the molecule is CN=C(C)c1cccc(C2OC(c3cccc(-c4ccccn4)n3)=NP2)c1. The summed E-state index contributed by atoms with van der Waals surface area (Å²) in [6.45, 7) is 2.01. The number of hydrogen-bond acceptors (Lipinski definition) is 5. The molecule has 1 aliphatic heterocycles. The predicted molar refractivity (Wildman–Crippen MR) is 111 cm³/mol. The number of ether oxygens (including phenoxy) is 1. The summed E-state index contributed by atoms with van der Waals surface area (Å²) >= 11 is 0. The molecule has 5 nitrogen and oxygen atoms in total. The summed E-state index contributed by atoms with van der Waals surface area (Å²) in [5, 5.41) is 0. The summed E-state index contributed by atoms with van der Waals surface area (Å²) in [5.74, 6) is 0.507. The monoisotopic (exact) mass is 374 g/mol. The molecule has 4 rings (SSSR count). The fourth-order valence-corrected chi connectivity index (χ4v) is 3.70. The van der Waals surface area contributed by atoms with Gasteiger partial charge in [0.05, 0.1) is 20.1 Å². The van der Waals surface area contributed by atoms with Crippen LogP contribution in [0.5, 0.6) is 0 Å². The van der Waals surface area contributed by atoms with Gasteiger partial charge in [-0.25, -0.2) is 9.75 Å².